The van der Waals surface area contributed by atoms with E-state index in [-0.39, 0.29) is 0 Å². The average molecular weight is 560 g/mol. The molecule has 0 unspecified atom stereocenters. The Hall–Kier alpha value is -2.41. The lowest BCUT2D eigenvalue weighted by molar-refractivity contribution is -0.149. The number of aliphatic carboxylic acids is 1. The van der Waals surface area contributed by atoms with Gasteiger partial charge in [0.2, 0.25) is 0 Å². The van der Waals surface area contributed by atoms with Crippen LogP contribution in [0.15, 0.2) is 87.8 Å². The molecule has 32 heavy (non-hydrogen) atoms. The van der Waals surface area contributed by atoms with E-state index < -0.39 is 12.1 Å². The minimum absolute atomic E-state index is 0.320. The third kappa shape index (κ3) is 7.05. The highest BCUT2D eigenvalue weighted by molar-refractivity contribution is 9.10. The van der Waals surface area contributed by atoms with Gasteiger partial charge in [-0.3, -0.25) is 0 Å². The van der Waals surface area contributed by atoms with Gasteiger partial charge in [-0.2, -0.15) is 0 Å². The van der Waals surface area contributed by atoms with Crippen molar-refractivity contribution in [2.24, 2.45) is 0 Å². The van der Waals surface area contributed by atoms with Gasteiger partial charge >= 0.3 is 5.97 Å². The van der Waals surface area contributed by atoms with Gasteiger partial charge in [-0.05, 0) is 71.7 Å². The van der Waals surface area contributed by atoms with Crippen LogP contribution in [0.25, 0.3) is 5.57 Å². The van der Waals surface area contributed by atoms with E-state index in [4.69, 9.17) is 9.47 Å². The summed E-state index contributed by atoms with van der Waals surface area (Å²) in [7, 11) is 0. The smallest absolute Gasteiger partial charge is 0.333 e. The zero-order valence-electron chi connectivity index (χ0n) is 17.6. The molecule has 1 atom stereocenters. The molecule has 0 heterocycles. The van der Waals surface area contributed by atoms with Crippen molar-refractivity contribution in [1.29, 1.82) is 0 Å². The Kier molecular flexibility index (Phi) is 9.09. The van der Waals surface area contributed by atoms with Crippen LogP contribution < -0.4 is 4.74 Å². The summed E-state index contributed by atoms with van der Waals surface area (Å²) in [6.45, 7) is 2.55. The molecule has 3 rings (SSSR count). The second-order valence-corrected chi connectivity index (χ2v) is 8.90. The van der Waals surface area contributed by atoms with Gasteiger partial charge in [0, 0.05) is 22.0 Å². The molecule has 3 aromatic rings. The summed E-state index contributed by atoms with van der Waals surface area (Å²) in [5.74, 6) is -0.232. The van der Waals surface area contributed by atoms with E-state index in [9.17, 15) is 9.90 Å². The second-order valence-electron chi connectivity index (χ2n) is 7.07. The van der Waals surface area contributed by atoms with Crippen LogP contribution in [0.5, 0.6) is 5.75 Å². The predicted octanol–water partition coefficient (Wildman–Crippen LogP) is 6.75. The van der Waals surface area contributed by atoms with E-state index in [1.807, 2.05) is 48.5 Å². The van der Waals surface area contributed by atoms with Gasteiger partial charge in [-0.15, -0.1) is 0 Å². The Morgan fingerprint density at radius 2 is 1.44 bits per heavy atom. The fourth-order valence-corrected chi connectivity index (χ4v) is 3.77. The maximum atomic E-state index is 11.3. The normalized spacial score (nSPS) is 11.6. The minimum Gasteiger partial charge on any atom is -0.490 e. The first-order valence-electron chi connectivity index (χ1n) is 10.2. The quantitative estimate of drug-likeness (QED) is 0.298. The second kappa shape index (κ2) is 12.0. The zero-order chi connectivity index (χ0) is 22.9. The Labute approximate surface area is 205 Å². The zero-order valence-corrected chi connectivity index (χ0v) is 20.8. The van der Waals surface area contributed by atoms with Gasteiger partial charge in [0.25, 0.3) is 0 Å². The number of hydrogen-bond donors (Lipinski definition) is 1. The first kappa shape index (κ1) is 24.2. The summed E-state index contributed by atoms with van der Waals surface area (Å²) in [5, 5.41) is 9.25. The standard InChI is InChI=1S/C26H24Br2O4/c1-2-31-25(26(29)30)17-18-3-13-23(14-4-18)32-16-15-24(19-5-9-21(27)10-6-19)20-7-11-22(28)12-8-20/h3-15,25H,2,16-17H2,1H3,(H,29,30)/t25-/m0/s1. The molecule has 0 aliphatic carbocycles. The van der Waals surface area contributed by atoms with Crippen molar-refractivity contribution in [3.63, 3.8) is 0 Å². The monoisotopic (exact) mass is 558 g/mol. The van der Waals surface area contributed by atoms with Gasteiger partial charge in [-0.25, -0.2) is 4.79 Å². The SMILES string of the molecule is CCO[C@@H](Cc1ccc(OCC=C(c2ccc(Br)cc2)c2ccc(Br)cc2)cc1)C(=O)O. The third-order valence-electron chi connectivity index (χ3n) is 4.84. The van der Waals surface area contributed by atoms with E-state index in [0.29, 0.717) is 19.6 Å². The lowest BCUT2D eigenvalue weighted by atomic mass is 9.98. The van der Waals surface area contributed by atoms with E-state index in [1.54, 1.807) is 6.92 Å². The van der Waals surface area contributed by atoms with Crippen LogP contribution in [0, 0.1) is 0 Å². The third-order valence-corrected chi connectivity index (χ3v) is 5.89. The highest BCUT2D eigenvalue weighted by atomic mass is 79.9. The average Bonchev–Trinajstić information content (AvgIpc) is 2.79. The van der Waals surface area contributed by atoms with Crippen molar-refractivity contribution >= 4 is 43.4 Å². The Morgan fingerprint density at radius 1 is 0.906 bits per heavy atom. The largest absolute Gasteiger partial charge is 0.490 e. The number of halogens is 2. The fraction of sp³-hybridized carbons (Fsp3) is 0.192. The number of rotatable bonds is 10. The summed E-state index contributed by atoms with van der Waals surface area (Å²) in [6, 6.07) is 23.8. The van der Waals surface area contributed by atoms with Crippen LogP contribution in [-0.2, 0) is 16.0 Å². The molecule has 0 saturated heterocycles. The number of hydrogen-bond acceptors (Lipinski definition) is 3. The van der Waals surface area contributed by atoms with Crippen LogP contribution >= 0.6 is 31.9 Å². The van der Waals surface area contributed by atoms with Gasteiger partial charge in [0.1, 0.15) is 12.4 Å². The Morgan fingerprint density at radius 3 is 1.91 bits per heavy atom. The molecular formula is C26H24Br2O4. The summed E-state index contributed by atoms with van der Waals surface area (Å²) in [6.07, 6.45) is 1.55. The Bertz CT molecular complexity index is 995. The highest BCUT2D eigenvalue weighted by Gasteiger charge is 2.17. The van der Waals surface area contributed by atoms with Crippen molar-refractivity contribution < 1.29 is 19.4 Å². The van der Waals surface area contributed by atoms with Gasteiger partial charge in [-0.1, -0.05) is 68.3 Å². The van der Waals surface area contributed by atoms with Crippen molar-refractivity contribution in [2.75, 3.05) is 13.2 Å². The molecule has 1 N–H and O–H groups in total. The van der Waals surface area contributed by atoms with E-state index in [0.717, 1.165) is 37.0 Å². The molecule has 166 valence electrons. The highest BCUT2D eigenvalue weighted by Crippen LogP contribution is 2.26. The molecule has 6 heteroatoms. The molecule has 0 fully saturated rings. The molecule has 0 aliphatic rings. The number of ether oxygens (including phenoxy) is 2. The van der Waals surface area contributed by atoms with E-state index in [2.05, 4.69) is 62.2 Å². The van der Waals surface area contributed by atoms with Gasteiger partial charge in [0.15, 0.2) is 6.10 Å². The molecule has 0 aromatic heterocycles. The van der Waals surface area contributed by atoms with Gasteiger partial charge < -0.3 is 14.6 Å². The van der Waals surface area contributed by atoms with Crippen LogP contribution in [0.3, 0.4) is 0 Å². The molecule has 0 radical (unpaired) electrons. The number of carboxylic acids is 1. The maximum absolute atomic E-state index is 11.3. The maximum Gasteiger partial charge on any atom is 0.333 e. The fourth-order valence-electron chi connectivity index (χ4n) is 3.24. The predicted molar refractivity (Wildman–Crippen MR) is 134 cm³/mol. The number of carbonyl (C=O) groups is 1. The topological polar surface area (TPSA) is 55.8 Å². The minimum atomic E-state index is -0.953. The summed E-state index contributed by atoms with van der Waals surface area (Å²) in [5.41, 5.74) is 4.18. The summed E-state index contributed by atoms with van der Waals surface area (Å²) < 4.78 is 13.3. The summed E-state index contributed by atoms with van der Waals surface area (Å²) >= 11 is 6.98. The van der Waals surface area contributed by atoms with Crippen molar-refractivity contribution in [1.82, 2.24) is 0 Å². The van der Waals surface area contributed by atoms with E-state index in [1.165, 1.54) is 0 Å². The van der Waals surface area contributed by atoms with Crippen LogP contribution in [0.4, 0.5) is 0 Å². The summed E-state index contributed by atoms with van der Waals surface area (Å²) in [4.78, 5) is 11.3. The number of benzene rings is 3. The molecule has 0 saturated carbocycles. The molecule has 0 amide bonds. The van der Waals surface area contributed by atoms with Crippen LogP contribution in [0.1, 0.15) is 23.6 Å². The lowest BCUT2D eigenvalue weighted by Gasteiger charge is -2.13. The van der Waals surface area contributed by atoms with Crippen molar-refractivity contribution in [3.8, 4) is 5.75 Å². The molecule has 0 aliphatic heterocycles. The van der Waals surface area contributed by atoms with Crippen molar-refractivity contribution in [3.05, 3.63) is 105 Å². The molecular weight excluding hydrogens is 536 g/mol. The molecule has 4 nitrogen and oxygen atoms in total. The molecule has 0 spiro atoms. The van der Waals surface area contributed by atoms with Gasteiger partial charge in [0.05, 0.1) is 0 Å². The number of carboxylic acid groups (broad SMARTS) is 1. The van der Waals surface area contributed by atoms with E-state index >= 15 is 0 Å². The molecule has 3 aromatic carbocycles. The first-order chi connectivity index (χ1) is 15.5. The van der Waals surface area contributed by atoms with Crippen LogP contribution in [-0.4, -0.2) is 30.4 Å². The lowest BCUT2D eigenvalue weighted by Crippen LogP contribution is -2.26. The molecule has 0 bridgehead atoms. The van der Waals surface area contributed by atoms with Crippen molar-refractivity contribution in [2.45, 2.75) is 19.4 Å². The Balaban J connectivity index is 1.71. The van der Waals surface area contributed by atoms with Crippen LogP contribution in [0.2, 0.25) is 0 Å². The first-order valence-corrected chi connectivity index (χ1v) is 11.8.